The zero-order chi connectivity index (χ0) is 14.4. The van der Waals surface area contributed by atoms with Crippen LogP contribution >= 0.6 is 0 Å². The molecule has 2 aromatic rings. The number of hydrogen-bond donors (Lipinski definition) is 1. The van der Waals surface area contributed by atoms with Crippen LogP contribution in [0.2, 0.25) is 0 Å². The standard InChI is InChI=1S/C9H4F6N4/c10-8(11,12)5-3-1-2-4(16)17-6(3)19-7(18-5)9(13,14)15/h1-2H,(H2,16,17,18,19). The molecular formula is C9H4F6N4. The van der Waals surface area contributed by atoms with Crippen molar-refractivity contribution in [2.24, 2.45) is 0 Å². The van der Waals surface area contributed by atoms with Gasteiger partial charge in [-0.05, 0) is 12.1 Å². The largest absolute Gasteiger partial charge is 0.451 e. The highest BCUT2D eigenvalue weighted by Gasteiger charge is 2.41. The van der Waals surface area contributed by atoms with E-state index in [-0.39, 0.29) is 5.82 Å². The molecule has 0 fully saturated rings. The van der Waals surface area contributed by atoms with E-state index in [1.165, 1.54) is 0 Å². The minimum atomic E-state index is -5.11. The quantitative estimate of drug-likeness (QED) is 0.754. The van der Waals surface area contributed by atoms with Crippen molar-refractivity contribution in [1.82, 2.24) is 15.0 Å². The van der Waals surface area contributed by atoms with Crippen LogP contribution in [0.3, 0.4) is 0 Å². The van der Waals surface area contributed by atoms with Crippen molar-refractivity contribution in [1.29, 1.82) is 0 Å². The fraction of sp³-hybridized carbons (Fsp3) is 0.222. The van der Waals surface area contributed by atoms with Gasteiger partial charge < -0.3 is 5.73 Å². The fourth-order valence-electron chi connectivity index (χ4n) is 1.37. The van der Waals surface area contributed by atoms with Gasteiger partial charge in [0, 0.05) is 0 Å². The van der Waals surface area contributed by atoms with Gasteiger partial charge in [0.2, 0.25) is 5.82 Å². The van der Waals surface area contributed by atoms with Crippen LogP contribution in [0.1, 0.15) is 11.5 Å². The molecule has 0 unspecified atom stereocenters. The van der Waals surface area contributed by atoms with Gasteiger partial charge >= 0.3 is 12.4 Å². The van der Waals surface area contributed by atoms with Gasteiger partial charge in [-0.2, -0.15) is 26.3 Å². The maximum absolute atomic E-state index is 12.7. The van der Waals surface area contributed by atoms with Crippen LogP contribution in [0, 0.1) is 0 Å². The van der Waals surface area contributed by atoms with Crippen molar-refractivity contribution in [3.8, 4) is 0 Å². The number of hydrogen-bond acceptors (Lipinski definition) is 4. The van der Waals surface area contributed by atoms with E-state index in [9.17, 15) is 26.3 Å². The Morgan fingerprint density at radius 2 is 1.47 bits per heavy atom. The van der Waals surface area contributed by atoms with Crippen LogP contribution < -0.4 is 5.73 Å². The predicted molar refractivity (Wildman–Crippen MR) is 51.7 cm³/mol. The summed E-state index contributed by atoms with van der Waals surface area (Å²) in [5.41, 5.74) is 2.76. The topological polar surface area (TPSA) is 64.7 Å². The van der Waals surface area contributed by atoms with Gasteiger partial charge in [-0.1, -0.05) is 0 Å². The molecule has 0 aromatic carbocycles. The van der Waals surface area contributed by atoms with Gasteiger partial charge in [0.15, 0.2) is 11.3 Å². The third kappa shape index (κ3) is 2.51. The Morgan fingerprint density at radius 3 is 2.00 bits per heavy atom. The van der Waals surface area contributed by atoms with Gasteiger partial charge in [-0.3, -0.25) is 0 Å². The van der Waals surface area contributed by atoms with Crippen LogP contribution in [0.15, 0.2) is 12.1 Å². The van der Waals surface area contributed by atoms with Gasteiger partial charge in [-0.15, -0.1) is 0 Å². The van der Waals surface area contributed by atoms with Crippen molar-refractivity contribution in [3.05, 3.63) is 23.7 Å². The lowest BCUT2D eigenvalue weighted by Gasteiger charge is -2.12. The molecule has 0 spiro atoms. The first-order chi connectivity index (χ1) is 8.59. The van der Waals surface area contributed by atoms with E-state index in [4.69, 9.17) is 5.73 Å². The van der Waals surface area contributed by atoms with E-state index in [2.05, 4.69) is 15.0 Å². The van der Waals surface area contributed by atoms with Crippen LogP contribution in [-0.2, 0) is 12.4 Å². The van der Waals surface area contributed by atoms with E-state index in [0.29, 0.717) is 0 Å². The number of aromatic nitrogens is 3. The first-order valence-corrected chi connectivity index (χ1v) is 4.67. The molecule has 0 atom stereocenters. The highest BCUT2D eigenvalue weighted by molar-refractivity contribution is 5.79. The van der Waals surface area contributed by atoms with Gasteiger partial charge in [0.05, 0.1) is 5.39 Å². The monoisotopic (exact) mass is 282 g/mol. The maximum Gasteiger partial charge on any atom is 0.451 e. The lowest BCUT2D eigenvalue weighted by Crippen LogP contribution is -2.18. The van der Waals surface area contributed by atoms with Crippen LogP contribution in [-0.4, -0.2) is 15.0 Å². The summed E-state index contributed by atoms with van der Waals surface area (Å²) in [6.07, 6.45) is -10.2. The summed E-state index contributed by atoms with van der Waals surface area (Å²) in [6, 6.07) is 1.90. The first-order valence-electron chi connectivity index (χ1n) is 4.67. The summed E-state index contributed by atoms with van der Waals surface area (Å²) in [4.78, 5) is 8.84. The molecule has 0 bridgehead atoms. The second kappa shape index (κ2) is 3.93. The zero-order valence-electron chi connectivity index (χ0n) is 8.84. The number of rotatable bonds is 0. The highest BCUT2D eigenvalue weighted by Crippen LogP contribution is 2.35. The smallest absolute Gasteiger partial charge is 0.384 e. The number of nitrogens with two attached hydrogens (primary N) is 1. The minimum absolute atomic E-state index is 0.243. The molecule has 2 heterocycles. The van der Waals surface area contributed by atoms with Gasteiger partial charge in [0.1, 0.15) is 5.82 Å². The number of anilines is 1. The number of alkyl halides is 6. The van der Waals surface area contributed by atoms with Crippen molar-refractivity contribution in [2.75, 3.05) is 5.73 Å². The average molecular weight is 282 g/mol. The molecule has 4 nitrogen and oxygen atoms in total. The maximum atomic E-state index is 12.7. The average Bonchev–Trinajstić information content (AvgIpc) is 2.24. The summed E-state index contributed by atoms with van der Waals surface area (Å²) in [7, 11) is 0. The Bertz CT molecular complexity index is 633. The Labute approximate surface area is 101 Å². The zero-order valence-corrected chi connectivity index (χ0v) is 8.84. The molecule has 0 saturated carbocycles. The summed E-state index contributed by atoms with van der Waals surface area (Å²) < 4.78 is 75.3. The van der Waals surface area contributed by atoms with E-state index < -0.39 is 34.9 Å². The lowest BCUT2D eigenvalue weighted by atomic mass is 10.2. The number of nitrogens with zero attached hydrogens (tertiary/aromatic N) is 3. The molecule has 10 heteroatoms. The van der Waals surface area contributed by atoms with E-state index in [0.717, 1.165) is 12.1 Å². The second-order valence-electron chi connectivity index (χ2n) is 3.50. The number of pyridine rings is 1. The second-order valence-corrected chi connectivity index (χ2v) is 3.50. The molecule has 19 heavy (non-hydrogen) atoms. The van der Waals surface area contributed by atoms with E-state index >= 15 is 0 Å². The summed E-state index contributed by atoms with van der Waals surface area (Å²) in [6.45, 7) is 0. The molecule has 2 aromatic heterocycles. The van der Waals surface area contributed by atoms with Crippen molar-refractivity contribution < 1.29 is 26.3 Å². The Hall–Kier alpha value is -2.13. The van der Waals surface area contributed by atoms with E-state index in [1.54, 1.807) is 0 Å². The molecule has 0 aliphatic carbocycles. The third-order valence-electron chi connectivity index (χ3n) is 2.10. The molecule has 0 amide bonds. The third-order valence-corrected chi connectivity index (χ3v) is 2.10. The fourth-order valence-corrected chi connectivity index (χ4v) is 1.37. The molecular weight excluding hydrogens is 278 g/mol. The lowest BCUT2D eigenvalue weighted by molar-refractivity contribution is -0.151. The van der Waals surface area contributed by atoms with Gasteiger partial charge in [-0.25, -0.2) is 15.0 Å². The summed E-state index contributed by atoms with van der Waals surface area (Å²) in [5, 5.41) is -0.644. The van der Waals surface area contributed by atoms with Gasteiger partial charge in [0.25, 0.3) is 0 Å². The summed E-state index contributed by atoms with van der Waals surface area (Å²) >= 11 is 0. The van der Waals surface area contributed by atoms with Crippen LogP contribution in [0.25, 0.3) is 11.0 Å². The van der Waals surface area contributed by atoms with Crippen molar-refractivity contribution >= 4 is 16.9 Å². The molecule has 2 rings (SSSR count). The normalized spacial score (nSPS) is 12.9. The Kier molecular flexibility index (Phi) is 2.75. The first kappa shape index (κ1) is 13.3. The SMILES string of the molecule is Nc1ccc2c(C(F)(F)F)nc(C(F)(F)F)nc2n1. The molecule has 0 saturated heterocycles. The number of nitrogen functional groups attached to an aromatic ring is 1. The minimum Gasteiger partial charge on any atom is -0.384 e. The van der Waals surface area contributed by atoms with E-state index in [1.807, 2.05) is 0 Å². The predicted octanol–water partition coefficient (Wildman–Crippen LogP) is 2.64. The Morgan fingerprint density at radius 1 is 0.842 bits per heavy atom. The Balaban J connectivity index is 2.84. The summed E-state index contributed by atoms with van der Waals surface area (Å²) in [5.74, 6) is -2.15. The van der Waals surface area contributed by atoms with Crippen LogP contribution in [0.4, 0.5) is 32.2 Å². The molecule has 2 N–H and O–H groups in total. The molecule has 102 valence electrons. The molecule has 0 radical (unpaired) electrons. The van der Waals surface area contributed by atoms with Crippen molar-refractivity contribution in [3.63, 3.8) is 0 Å². The van der Waals surface area contributed by atoms with Crippen LogP contribution in [0.5, 0.6) is 0 Å². The highest BCUT2D eigenvalue weighted by atomic mass is 19.4. The number of fused-ring (bicyclic) bond motifs is 1. The molecule has 0 aliphatic rings. The number of halogens is 6. The van der Waals surface area contributed by atoms with Crippen molar-refractivity contribution in [2.45, 2.75) is 12.4 Å². The molecule has 0 aliphatic heterocycles.